The van der Waals surface area contributed by atoms with Gasteiger partial charge in [0, 0.05) is 18.9 Å². The zero-order valence-electron chi connectivity index (χ0n) is 17.3. The maximum Gasteiger partial charge on any atom is 0.416 e. The minimum absolute atomic E-state index is 0.135. The van der Waals surface area contributed by atoms with Crippen molar-refractivity contribution in [1.29, 1.82) is 0 Å². The van der Waals surface area contributed by atoms with E-state index >= 15 is 0 Å². The second-order valence-electron chi connectivity index (χ2n) is 7.18. The molecule has 0 N–H and O–H groups in total. The average molecular weight is 442 g/mol. The van der Waals surface area contributed by atoms with Gasteiger partial charge in [0.2, 0.25) is 0 Å². The number of carbonyl (C=O) groups excluding carboxylic acids is 2. The van der Waals surface area contributed by atoms with Gasteiger partial charge in [-0.15, -0.1) is 0 Å². The van der Waals surface area contributed by atoms with Crippen LogP contribution in [0.2, 0.25) is 0 Å². The van der Waals surface area contributed by atoms with E-state index in [1.54, 1.807) is 18.3 Å². The minimum atomic E-state index is -4.45. The molecule has 0 aliphatic carbocycles. The standard InChI is InChI=1S/C24H21F3N2O3/c1-17-5-2-3-6-19(17)14-29(23(31)18-7-4-12-28-13-18)15-21(30)16-32-22-10-8-20(9-11-22)24(25,26)27/h2-13H,14-16H2,1H3. The van der Waals surface area contributed by atoms with E-state index in [9.17, 15) is 22.8 Å². The first-order valence-corrected chi connectivity index (χ1v) is 9.79. The quantitative estimate of drug-likeness (QED) is 0.508. The number of halogens is 3. The fourth-order valence-electron chi connectivity index (χ4n) is 3.03. The number of ether oxygens (including phenoxy) is 1. The van der Waals surface area contributed by atoms with Gasteiger partial charge in [0.1, 0.15) is 12.4 Å². The van der Waals surface area contributed by atoms with E-state index in [1.807, 2.05) is 31.2 Å². The van der Waals surface area contributed by atoms with Crippen molar-refractivity contribution in [2.75, 3.05) is 13.2 Å². The number of hydrogen-bond donors (Lipinski definition) is 0. The van der Waals surface area contributed by atoms with Gasteiger partial charge in [-0.2, -0.15) is 13.2 Å². The Morgan fingerprint density at radius 2 is 1.72 bits per heavy atom. The van der Waals surface area contributed by atoms with Gasteiger partial charge < -0.3 is 9.64 Å². The number of amides is 1. The molecule has 0 saturated carbocycles. The summed E-state index contributed by atoms with van der Waals surface area (Å²) < 4.78 is 43.3. The van der Waals surface area contributed by atoms with Crippen LogP contribution in [0.4, 0.5) is 13.2 Å². The van der Waals surface area contributed by atoms with Crippen LogP contribution >= 0.6 is 0 Å². The van der Waals surface area contributed by atoms with E-state index in [1.165, 1.54) is 11.1 Å². The van der Waals surface area contributed by atoms with Crippen molar-refractivity contribution in [1.82, 2.24) is 9.88 Å². The van der Waals surface area contributed by atoms with Crippen LogP contribution < -0.4 is 4.74 Å². The lowest BCUT2D eigenvalue weighted by Gasteiger charge is -2.23. The summed E-state index contributed by atoms with van der Waals surface area (Å²) in [6.45, 7) is 1.53. The Hall–Kier alpha value is -3.68. The van der Waals surface area contributed by atoms with Crippen molar-refractivity contribution >= 4 is 11.7 Å². The molecular weight excluding hydrogens is 421 g/mol. The summed E-state index contributed by atoms with van der Waals surface area (Å²) in [6, 6.07) is 14.9. The van der Waals surface area contributed by atoms with Gasteiger partial charge in [-0.25, -0.2) is 0 Å². The summed E-state index contributed by atoms with van der Waals surface area (Å²) >= 11 is 0. The molecule has 2 aromatic carbocycles. The van der Waals surface area contributed by atoms with Crippen molar-refractivity contribution in [3.05, 3.63) is 95.3 Å². The molecule has 166 valence electrons. The molecule has 0 fully saturated rings. The normalized spacial score (nSPS) is 11.1. The van der Waals surface area contributed by atoms with Crippen LogP contribution in [0, 0.1) is 6.92 Å². The second kappa shape index (κ2) is 10.1. The van der Waals surface area contributed by atoms with Gasteiger partial charge in [-0.05, 0) is 54.4 Å². The molecule has 0 unspecified atom stereocenters. The smallest absolute Gasteiger partial charge is 0.416 e. The van der Waals surface area contributed by atoms with Crippen molar-refractivity contribution in [3.8, 4) is 5.75 Å². The average Bonchev–Trinajstić information content (AvgIpc) is 2.78. The Kier molecular flexibility index (Phi) is 7.25. The van der Waals surface area contributed by atoms with Crippen LogP contribution in [0.5, 0.6) is 5.75 Å². The zero-order valence-corrected chi connectivity index (χ0v) is 17.3. The van der Waals surface area contributed by atoms with E-state index in [-0.39, 0.29) is 31.4 Å². The van der Waals surface area contributed by atoms with E-state index in [2.05, 4.69) is 4.98 Å². The highest BCUT2D eigenvalue weighted by atomic mass is 19.4. The third kappa shape index (κ3) is 6.16. The summed E-state index contributed by atoms with van der Waals surface area (Å²) in [7, 11) is 0. The number of pyridine rings is 1. The number of benzene rings is 2. The van der Waals surface area contributed by atoms with Crippen LogP contribution in [0.1, 0.15) is 27.0 Å². The first-order valence-electron chi connectivity index (χ1n) is 9.79. The topological polar surface area (TPSA) is 59.5 Å². The lowest BCUT2D eigenvalue weighted by molar-refractivity contribution is -0.137. The van der Waals surface area contributed by atoms with Crippen LogP contribution in [0.15, 0.2) is 73.1 Å². The molecule has 8 heteroatoms. The van der Waals surface area contributed by atoms with E-state index < -0.39 is 17.5 Å². The lowest BCUT2D eigenvalue weighted by Crippen LogP contribution is -2.37. The fourth-order valence-corrected chi connectivity index (χ4v) is 3.03. The number of carbonyl (C=O) groups is 2. The zero-order chi connectivity index (χ0) is 23.1. The molecule has 0 aliphatic rings. The van der Waals surface area contributed by atoms with Crippen LogP contribution in [-0.4, -0.2) is 34.7 Å². The summed E-state index contributed by atoms with van der Waals surface area (Å²) in [4.78, 5) is 30.9. The van der Waals surface area contributed by atoms with Gasteiger partial charge in [-0.1, -0.05) is 24.3 Å². The molecule has 0 atom stereocenters. The highest BCUT2D eigenvalue weighted by molar-refractivity contribution is 5.96. The molecule has 1 heterocycles. The SMILES string of the molecule is Cc1ccccc1CN(CC(=O)COc1ccc(C(F)(F)F)cc1)C(=O)c1cccnc1. The van der Waals surface area contributed by atoms with Gasteiger partial charge in [0.15, 0.2) is 5.78 Å². The van der Waals surface area contributed by atoms with Gasteiger partial charge in [0.25, 0.3) is 5.91 Å². The lowest BCUT2D eigenvalue weighted by atomic mass is 10.1. The number of aryl methyl sites for hydroxylation is 1. The molecule has 0 spiro atoms. The number of alkyl halides is 3. The van der Waals surface area contributed by atoms with Gasteiger partial charge >= 0.3 is 6.18 Å². The third-order valence-corrected chi connectivity index (χ3v) is 4.77. The third-order valence-electron chi connectivity index (χ3n) is 4.77. The molecule has 1 amide bonds. The first-order chi connectivity index (χ1) is 15.2. The summed E-state index contributed by atoms with van der Waals surface area (Å²) in [5.41, 5.74) is 1.41. The fraction of sp³-hybridized carbons (Fsp3) is 0.208. The van der Waals surface area contributed by atoms with E-state index in [0.717, 1.165) is 35.4 Å². The molecule has 32 heavy (non-hydrogen) atoms. The molecule has 0 aliphatic heterocycles. The largest absolute Gasteiger partial charge is 0.486 e. The van der Waals surface area contributed by atoms with Crippen molar-refractivity contribution in [3.63, 3.8) is 0 Å². The highest BCUT2D eigenvalue weighted by Gasteiger charge is 2.30. The summed E-state index contributed by atoms with van der Waals surface area (Å²) in [5, 5.41) is 0. The van der Waals surface area contributed by atoms with Crippen molar-refractivity contribution in [2.45, 2.75) is 19.6 Å². The Morgan fingerprint density at radius 3 is 2.34 bits per heavy atom. The van der Waals surface area contributed by atoms with E-state index in [4.69, 9.17) is 4.74 Å². The molecule has 3 rings (SSSR count). The molecule has 1 aromatic heterocycles. The minimum Gasteiger partial charge on any atom is -0.486 e. The number of Topliss-reactive ketones (excluding diaryl/α,β-unsaturated/α-hetero) is 1. The second-order valence-corrected chi connectivity index (χ2v) is 7.18. The van der Waals surface area contributed by atoms with Gasteiger partial charge in [-0.3, -0.25) is 14.6 Å². The molecular formula is C24H21F3N2O3. The first kappa shape index (κ1) is 23.0. The highest BCUT2D eigenvalue weighted by Crippen LogP contribution is 2.30. The number of ketones is 1. The number of aromatic nitrogens is 1. The molecule has 5 nitrogen and oxygen atoms in total. The van der Waals surface area contributed by atoms with Crippen LogP contribution in [0.3, 0.4) is 0 Å². The predicted octanol–water partition coefficient (Wildman–Crippen LogP) is 4.70. The van der Waals surface area contributed by atoms with Crippen molar-refractivity contribution in [2.24, 2.45) is 0 Å². The Labute approximate surface area is 183 Å². The van der Waals surface area contributed by atoms with Crippen molar-refractivity contribution < 1.29 is 27.5 Å². The van der Waals surface area contributed by atoms with Crippen LogP contribution in [0.25, 0.3) is 0 Å². The molecule has 0 bridgehead atoms. The number of nitrogens with zero attached hydrogens (tertiary/aromatic N) is 2. The van der Waals surface area contributed by atoms with E-state index in [0.29, 0.717) is 5.56 Å². The Bertz CT molecular complexity index is 1070. The Morgan fingerprint density at radius 1 is 1.00 bits per heavy atom. The predicted molar refractivity (Wildman–Crippen MR) is 112 cm³/mol. The molecule has 3 aromatic rings. The monoisotopic (exact) mass is 442 g/mol. The maximum absolute atomic E-state index is 13.0. The van der Waals surface area contributed by atoms with Crippen LogP contribution in [-0.2, 0) is 17.5 Å². The molecule has 0 radical (unpaired) electrons. The summed E-state index contributed by atoms with van der Waals surface area (Å²) in [5.74, 6) is -0.615. The summed E-state index contributed by atoms with van der Waals surface area (Å²) in [6.07, 6.45) is -1.47. The Balaban J connectivity index is 1.69. The maximum atomic E-state index is 13.0. The molecule has 0 saturated heterocycles. The van der Waals surface area contributed by atoms with Gasteiger partial charge in [0.05, 0.1) is 17.7 Å². The number of rotatable bonds is 8. The number of hydrogen-bond acceptors (Lipinski definition) is 4.